The maximum Gasteiger partial charge on any atom is 0.321 e. The van der Waals surface area contributed by atoms with E-state index in [1.165, 1.54) is 32.2 Å². The normalized spacial score (nSPS) is 11.1. The lowest BCUT2D eigenvalue weighted by molar-refractivity contribution is -0.143. The van der Waals surface area contributed by atoms with E-state index in [-0.39, 0.29) is 12.4 Å². The molecule has 0 amide bonds. The fourth-order valence-electron chi connectivity index (χ4n) is 2.21. The molecule has 0 fully saturated rings. The quantitative estimate of drug-likeness (QED) is 0.543. The van der Waals surface area contributed by atoms with Gasteiger partial charge in [0, 0.05) is 11.1 Å². The van der Waals surface area contributed by atoms with Gasteiger partial charge in [0.1, 0.15) is 29.6 Å². The van der Waals surface area contributed by atoms with Gasteiger partial charge in [-0.15, -0.1) is 0 Å². The van der Waals surface area contributed by atoms with Gasteiger partial charge in [-0.3, -0.25) is 9.59 Å². The van der Waals surface area contributed by atoms with Crippen LogP contribution < -0.4 is 9.46 Å². The number of sulfonamides is 1. The van der Waals surface area contributed by atoms with E-state index in [0.29, 0.717) is 16.9 Å². The lowest BCUT2D eigenvalue weighted by Gasteiger charge is -2.11. The molecule has 0 aliphatic rings. The van der Waals surface area contributed by atoms with Gasteiger partial charge in [-0.2, -0.15) is 4.72 Å². The highest BCUT2D eigenvalue weighted by Crippen LogP contribution is 2.21. The number of ether oxygens (including phenoxy) is 2. The number of esters is 1. The minimum absolute atomic E-state index is 0.164. The molecule has 2 aromatic carbocycles. The van der Waals surface area contributed by atoms with Crippen LogP contribution in [0, 0.1) is 5.82 Å². The lowest BCUT2D eigenvalue weighted by Crippen LogP contribution is -2.31. The third-order valence-electron chi connectivity index (χ3n) is 3.61. The molecular weight excluding hydrogens is 377 g/mol. The van der Waals surface area contributed by atoms with Crippen LogP contribution in [0.2, 0.25) is 0 Å². The minimum atomic E-state index is -4.19. The largest absolute Gasteiger partial charge is 0.496 e. The van der Waals surface area contributed by atoms with Gasteiger partial charge in [0.2, 0.25) is 10.0 Å². The van der Waals surface area contributed by atoms with Gasteiger partial charge < -0.3 is 9.47 Å². The van der Waals surface area contributed by atoms with Crippen LogP contribution in [0.25, 0.3) is 0 Å². The number of nitrogens with one attached hydrogen (secondary N) is 1. The monoisotopic (exact) mass is 395 g/mol. The maximum absolute atomic E-state index is 13.6. The van der Waals surface area contributed by atoms with Gasteiger partial charge in [-0.05, 0) is 37.3 Å². The Balaban J connectivity index is 2.00. The zero-order chi connectivity index (χ0) is 20.0. The predicted octanol–water partition coefficient (Wildman–Crippen LogP) is 2.06. The van der Waals surface area contributed by atoms with Gasteiger partial charge in [-0.25, -0.2) is 12.8 Å². The molecule has 7 nitrogen and oxygen atoms in total. The van der Waals surface area contributed by atoms with E-state index in [4.69, 9.17) is 9.47 Å². The van der Waals surface area contributed by atoms with Crippen molar-refractivity contribution in [1.82, 2.24) is 4.72 Å². The van der Waals surface area contributed by atoms with E-state index >= 15 is 0 Å². The number of rotatable bonds is 8. The number of methoxy groups -OCH3 is 1. The summed E-state index contributed by atoms with van der Waals surface area (Å²) >= 11 is 0. The predicted molar refractivity (Wildman–Crippen MR) is 94.4 cm³/mol. The van der Waals surface area contributed by atoms with Crippen LogP contribution in [0.15, 0.2) is 47.4 Å². The Morgan fingerprint density at radius 2 is 1.85 bits per heavy atom. The topological polar surface area (TPSA) is 98.8 Å². The Bertz CT molecular complexity index is 958. The van der Waals surface area contributed by atoms with Crippen molar-refractivity contribution in [3.63, 3.8) is 0 Å². The zero-order valence-corrected chi connectivity index (χ0v) is 15.5. The number of carbonyl (C=O) groups is 2. The van der Waals surface area contributed by atoms with Gasteiger partial charge >= 0.3 is 5.97 Å². The number of carbonyl (C=O) groups excluding carboxylic acids is 2. The number of Topliss-reactive ketones (excluding diaryl/α,β-unsaturated/α-hetero) is 1. The number of hydrogen-bond donors (Lipinski definition) is 1. The molecule has 0 radical (unpaired) electrons. The summed E-state index contributed by atoms with van der Waals surface area (Å²) in [7, 11) is -2.77. The van der Waals surface area contributed by atoms with Crippen molar-refractivity contribution >= 4 is 21.8 Å². The summed E-state index contributed by atoms with van der Waals surface area (Å²) in [5.41, 5.74) is 0.873. The van der Waals surface area contributed by atoms with Crippen molar-refractivity contribution in [2.45, 2.75) is 18.4 Å². The first-order chi connectivity index (χ1) is 12.7. The molecule has 1 N–H and O–H groups in total. The molecule has 2 aromatic rings. The standard InChI is InChI=1S/C18H18FNO6S/c1-12(21)13-7-8-16(25-2)14(9-13)11-26-18(22)10-20-27(23,24)17-6-4-3-5-15(17)19/h3-9,20H,10-11H2,1-2H3. The number of ketones is 1. The molecule has 2 rings (SSSR count). The minimum Gasteiger partial charge on any atom is -0.496 e. The van der Waals surface area contributed by atoms with Crippen molar-refractivity contribution in [1.29, 1.82) is 0 Å². The van der Waals surface area contributed by atoms with Crippen LogP contribution in [-0.2, 0) is 26.2 Å². The highest BCUT2D eigenvalue weighted by molar-refractivity contribution is 7.89. The average molecular weight is 395 g/mol. The van der Waals surface area contributed by atoms with E-state index in [2.05, 4.69) is 0 Å². The molecule has 144 valence electrons. The molecule has 0 atom stereocenters. The van der Waals surface area contributed by atoms with Crippen molar-refractivity contribution in [2.75, 3.05) is 13.7 Å². The van der Waals surface area contributed by atoms with Crippen LogP contribution in [0.1, 0.15) is 22.8 Å². The second-order valence-electron chi connectivity index (χ2n) is 5.50. The summed E-state index contributed by atoms with van der Waals surface area (Å²) in [6.07, 6.45) is 0. The van der Waals surface area contributed by atoms with Crippen LogP contribution in [-0.4, -0.2) is 33.8 Å². The molecule has 0 aromatic heterocycles. The van der Waals surface area contributed by atoms with Gasteiger partial charge in [0.05, 0.1) is 7.11 Å². The van der Waals surface area contributed by atoms with Crippen molar-refractivity contribution in [3.8, 4) is 5.75 Å². The average Bonchev–Trinajstić information content (AvgIpc) is 2.64. The second-order valence-corrected chi connectivity index (χ2v) is 7.23. The fourth-order valence-corrected chi connectivity index (χ4v) is 3.26. The highest BCUT2D eigenvalue weighted by atomic mass is 32.2. The Morgan fingerprint density at radius 1 is 1.15 bits per heavy atom. The number of hydrogen-bond acceptors (Lipinski definition) is 6. The fraction of sp³-hybridized carbons (Fsp3) is 0.222. The Hall–Kier alpha value is -2.78. The first-order valence-electron chi connectivity index (χ1n) is 7.82. The third kappa shape index (κ3) is 5.35. The van der Waals surface area contributed by atoms with Gasteiger partial charge in [-0.1, -0.05) is 12.1 Å². The van der Waals surface area contributed by atoms with Crippen molar-refractivity contribution < 1.29 is 31.9 Å². The summed E-state index contributed by atoms with van der Waals surface area (Å²) in [6, 6.07) is 9.48. The zero-order valence-electron chi connectivity index (χ0n) is 14.7. The smallest absolute Gasteiger partial charge is 0.321 e. The van der Waals surface area contributed by atoms with Crippen LogP contribution in [0.3, 0.4) is 0 Å². The molecule has 0 unspecified atom stereocenters. The van der Waals surface area contributed by atoms with Gasteiger partial charge in [0.15, 0.2) is 5.78 Å². The number of benzene rings is 2. The molecule has 0 spiro atoms. The van der Waals surface area contributed by atoms with E-state index in [9.17, 15) is 22.4 Å². The van der Waals surface area contributed by atoms with Gasteiger partial charge in [0.25, 0.3) is 0 Å². The molecule has 0 aliphatic carbocycles. The first-order valence-corrected chi connectivity index (χ1v) is 9.30. The number of halogens is 1. The van der Waals surface area contributed by atoms with E-state index < -0.39 is 33.3 Å². The summed E-state index contributed by atoms with van der Waals surface area (Å²) in [5.74, 6) is -1.54. The summed E-state index contributed by atoms with van der Waals surface area (Å²) in [5, 5.41) is 0. The Labute approximate surface area is 156 Å². The second kappa shape index (κ2) is 8.74. The molecule has 27 heavy (non-hydrogen) atoms. The molecule has 0 saturated heterocycles. The van der Waals surface area contributed by atoms with E-state index in [1.54, 1.807) is 12.1 Å². The highest BCUT2D eigenvalue weighted by Gasteiger charge is 2.20. The van der Waals surface area contributed by atoms with Crippen molar-refractivity contribution in [2.24, 2.45) is 0 Å². The van der Waals surface area contributed by atoms with Crippen LogP contribution >= 0.6 is 0 Å². The lowest BCUT2D eigenvalue weighted by atomic mass is 10.1. The van der Waals surface area contributed by atoms with Crippen LogP contribution in [0.5, 0.6) is 5.75 Å². The summed E-state index contributed by atoms with van der Waals surface area (Å²) in [6.45, 7) is 0.505. The van der Waals surface area contributed by atoms with Crippen molar-refractivity contribution in [3.05, 3.63) is 59.4 Å². The Morgan fingerprint density at radius 3 is 2.48 bits per heavy atom. The molecular formula is C18H18FNO6S. The van der Waals surface area contributed by atoms with Crippen LogP contribution in [0.4, 0.5) is 4.39 Å². The summed E-state index contributed by atoms with van der Waals surface area (Å²) < 4.78 is 49.8. The summed E-state index contributed by atoms with van der Waals surface area (Å²) in [4.78, 5) is 22.7. The first kappa shape index (κ1) is 20.5. The third-order valence-corrected chi connectivity index (χ3v) is 5.04. The SMILES string of the molecule is COc1ccc(C(C)=O)cc1COC(=O)CNS(=O)(=O)c1ccccc1F. The van der Waals surface area contributed by atoms with E-state index in [1.807, 2.05) is 4.72 Å². The molecule has 0 heterocycles. The molecule has 0 saturated carbocycles. The maximum atomic E-state index is 13.6. The Kier molecular flexibility index (Phi) is 6.65. The molecule has 9 heteroatoms. The van der Waals surface area contributed by atoms with E-state index in [0.717, 1.165) is 12.1 Å². The molecule has 0 bridgehead atoms. The molecule has 0 aliphatic heterocycles.